The fraction of sp³-hybridized carbons (Fsp3) is 0.617. The number of rotatable bonds is 14. The van der Waals surface area contributed by atoms with Crippen molar-refractivity contribution in [1.82, 2.24) is 0 Å². The number of ketones is 2. The van der Waals surface area contributed by atoms with Crippen molar-refractivity contribution in [2.24, 2.45) is 0 Å². The Morgan fingerprint density at radius 1 is 0.543 bits per heavy atom. The average Bonchev–Trinajstić information content (AvgIpc) is 3.34. The lowest BCUT2D eigenvalue weighted by Crippen LogP contribution is -2.37. The molecule has 8 rings (SSSR count). The van der Waals surface area contributed by atoms with Crippen LogP contribution in [0.2, 0.25) is 0 Å². The molecule has 3 aromatic rings. The Kier molecular flexibility index (Phi) is 16.6. The lowest BCUT2D eigenvalue weighted by atomic mass is 9.74. The topological polar surface area (TPSA) is 132 Å². The molecular formula is C60H78O10. The standard InChI is InChI=1S/C60H78O10/c1-38(47-34-51(43-18-12-8-13-19-43)55(32-39(47)2)67-57(64)69-59(5)26-22-45(62)23-27-59)30-53(48-35-50(42-16-10-7-11-17-42)54(66-37-61)31-40(48)3)49-36-52(44-20-14-9-15-21-44)56(33-41(49)4)68-58(65)70-60(6)28-24-46(63)25-29-60/h31-38,42-44,53H,7-30H2,1-6H3. The molecule has 2 atom stereocenters. The third kappa shape index (κ3) is 12.4. The van der Waals surface area contributed by atoms with Crippen molar-refractivity contribution in [3.63, 3.8) is 0 Å². The molecule has 0 radical (unpaired) electrons. The molecular weight excluding hydrogens is 881 g/mol. The number of aryl methyl sites for hydroxylation is 3. The van der Waals surface area contributed by atoms with Gasteiger partial charge in [-0.15, -0.1) is 0 Å². The summed E-state index contributed by atoms with van der Waals surface area (Å²) in [6.07, 6.45) is 19.3. The van der Waals surface area contributed by atoms with Crippen LogP contribution in [-0.4, -0.2) is 41.6 Å². The molecule has 10 heteroatoms. The van der Waals surface area contributed by atoms with Crippen molar-refractivity contribution < 1.29 is 47.7 Å². The van der Waals surface area contributed by atoms with Gasteiger partial charge in [0.2, 0.25) is 0 Å². The van der Waals surface area contributed by atoms with Crippen LogP contribution in [-0.2, 0) is 23.9 Å². The Balaban J connectivity index is 1.19. The van der Waals surface area contributed by atoms with Crippen LogP contribution >= 0.6 is 0 Å². The molecule has 10 nitrogen and oxygen atoms in total. The zero-order valence-electron chi connectivity index (χ0n) is 43.0. The summed E-state index contributed by atoms with van der Waals surface area (Å²) in [5, 5.41) is 0. The van der Waals surface area contributed by atoms with E-state index in [1.54, 1.807) is 0 Å². The van der Waals surface area contributed by atoms with Crippen LogP contribution in [0.3, 0.4) is 0 Å². The molecule has 0 spiro atoms. The molecule has 70 heavy (non-hydrogen) atoms. The third-order valence-corrected chi connectivity index (χ3v) is 17.2. The molecule has 5 aliphatic carbocycles. The number of ether oxygens (including phenoxy) is 5. The summed E-state index contributed by atoms with van der Waals surface area (Å²) in [7, 11) is 0. The molecule has 0 saturated heterocycles. The summed E-state index contributed by atoms with van der Waals surface area (Å²) < 4.78 is 30.2. The van der Waals surface area contributed by atoms with E-state index < -0.39 is 23.5 Å². The van der Waals surface area contributed by atoms with Crippen molar-refractivity contribution in [2.75, 3.05) is 0 Å². The second-order valence-electron chi connectivity index (χ2n) is 22.5. The average molecular weight is 959 g/mol. The number of carbonyl (C=O) groups is 5. The van der Waals surface area contributed by atoms with E-state index in [2.05, 4.69) is 58.0 Å². The highest BCUT2D eigenvalue weighted by atomic mass is 16.7. The van der Waals surface area contributed by atoms with Crippen molar-refractivity contribution in [2.45, 2.75) is 236 Å². The fourth-order valence-corrected chi connectivity index (χ4v) is 12.8. The third-order valence-electron chi connectivity index (χ3n) is 17.2. The number of hydrogen-bond acceptors (Lipinski definition) is 10. The minimum Gasteiger partial charge on any atom is -0.428 e. The summed E-state index contributed by atoms with van der Waals surface area (Å²) in [5.74, 6) is 2.86. The van der Waals surface area contributed by atoms with Gasteiger partial charge in [-0.3, -0.25) is 14.4 Å². The van der Waals surface area contributed by atoms with Crippen LogP contribution in [0, 0.1) is 20.8 Å². The van der Waals surface area contributed by atoms with Gasteiger partial charge in [0, 0.05) is 31.6 Å². The molecule has 378 valence electrons. The largest absolute Gasteiger partial charge is 0.514 e. The maximum Gasteiger partial charge on any atom is 0.514 e. The zero-order valence-corrected chi connectivity index (χ0v) is 43.0. The Labute approximate surface area is 416 Å². The molecule has 2 unspecified atom stereocenters. The highest BCUT2D eigenvalue weighted by Gasteiger charge is 2.38. The van der Waals surface area contributed by atoms with E-state index >= 15 is 0 Å². The van der Waals surface area contributed by atoms with E-state index in [1.807, 2.05) is 19.9 Å². The number of hydrogen-bond donors (Lipinski definition) is 0. The van der Waals surface area contributed by atoms with E-state index in [0.29, 0.717) is 75.1 Å². The van der Waals surface area contributed by atoms with Crippen LogP contribution in [0.25, 0.3) is 0 Å². The first-order chi connectivity index (χ1) is 33.6. The van der Waals surface area contributed by atoms with Gasteiger partial charge in [0.15, 0.2) is 0 Å². The molecule has 0 heterocycles. The SMILES string of the molecule is Cc1cc(OC(=O)OC2(C)CCC(=O)CC2)c(C2CCCCC2)cc1C(C)CC(c1cc(C2CCCCC2)c(OC=O)cc1C)c1cc(C2CCCCC2)c(OC(=O)OC2(C)CCC(=O)CC2)cc1C. The van der Waals surface area contributed by atoms with Crippen LogP contribution in [0.5, 0.6) is 17.2 Å². The second-order valence-corrected chi connectivity index (χ2v) is 22.5. The minimum atomic E-state index is -0.752. The van der Waals surface area contributed by atoms with Crippen molar-refractivity contribution in [3.05, 3.63) is 86.5 Å². The van der Waals surface area contributed by atoms with Gasteiger partial charge < -0.3 is 23.7 Å². The Bertz CT molecular complexity index is 2380. The lowest BCUT2D eigenvalue weighted by Gasteiger charge is -2.33. The summed E-state index contributed by atoms with van der Waals surface area (Å²) in [6.45, 7) is 13.0. The van der Waals surface area contributed by atoms with E-state index in [-0.39, 0.29) is 41.2 Å². The van der Waals surface area contributed by atoms with E-state index in [9.17, 15) is 24.0 Å². The number of Topliss-reactive ketones (excluding diaryl/α,β-unsaturated/α-hetero) is 2. The van der Waals surface area contributed by atoms with Gasteiger partial charge in [-0.05, 0) is 197 Å². The van der Waals surface area contributed by atoms with Crippen LogP contribution in [0.15, 0.2) is 36.4 Å². The molecule has 0 bridgehead atoms. The summed E-state index contributed by atoms with van der Waals surface area (Å²) in [5.41, 5.74) is 8.37. The van der Waals surface area contributed by atoms with E-state index in [0.717, 1.165) is 117 Å². The van der Waals surface area contributed by atoms with Gasteiger partial charge in [0.25, 0.3) is 6.47 Å². The van der Waals surface area contributed by atoms with Gasteiger partial charge >= 0.3 is 12.3 Å². The number of benzene rings is 3. The Morgan fingerprint density at radius 2 is 0.886 bits per heavy atom. The normalized spacial score (nSPS) is 21.1. The first-order valence-electron chi connectivity index (χ1n) is 27.0. The van der Waals surface area contributed by atoms with Crippen LogP contribution in [0.1, 0.15) is 255 Å². The van der Waals surface area contributed by atoms with Gasteiger partial charge in [-0.2, -0.15) is 0 Å². The fourth-order valence-electron chi connectivity index (χ4n) is 12.8. The minimum absolute atomic E-state index is 0.0574. The van der Waals surface area contributed by atoms with Crippen LogP contribution in [0.4, 0.5) is 9.59 Å². The highest BCUT2D eigenvalue weighted by Crippen LogP contribution is 2.49. The summed E-state index contributed by atoms with van der Waals surface area (Å²) in [4.78, 5) is 63.4. The lowest BCUT2D eigenvalue weighted by molar-refractivity contribution is -0.126. The molecule has 5 fully saturated rings. The van der Waals surface area contributed by atoms with E-state index in [1.165, 1.54) is 36.0 Å². The van der Waals surface area contributed by atoms with Crippen molar-refractivity contribution in [3.8, 4) is 17.2 Å². The maximum atomic E-state index is 13.7. The predicted molar refractivity (Wildman–Crippen MR) is 271 cm³/mol. The first-order valence-corrected chi connectivity index (χ1v) is 27.0. The van der Waals surface area contributed by atoms with Gasteiger partial charge in [-0.25, -0.2) is 9.59 Å². The quantitative estimate of drug-likeness (QED) is 0.0874. The molecule has 3 aromatic carbocycles. The van der Waals surface area contributed by atoms with Gasteiger partial charge in [0.1, 0.15) is 40.0 Å². The Morgan fingerprint density at radius 3 is 1.27 bits per heavy atom. The summed E-state index contributed by atoms with van der Waals surface area (Å²) >= 11 is 0. The smallest absolute Gasteiger partial charge is 0.428 e. The summed E-state index contributed by atoms with van der Waals surface area (Å²) in [6, 6.07) is 13.1. The molecule has 0 N–H and O–H groups in total. The highest BCUT2D eigenvalue weighted by molar-refractivity contribution is 5.80. The predicted octanol–water partition coefficient (Wildman–Crippen LogP) is 15.5. The molecule has 5 aliphatic rings. The number of carbonyl (C=O) groups excluding carboxylic acids is 5. The molecule has 5 saturated carbocycles. The molecule has 0 amide bonds. The van der Waals surface area contributed by atoms with Crippen molar-refractivity contribution in [1.29, 1.82) is 0 Å². The van der Waals surface area contributed by atoms with Gasteiger partial charge in [0.05, 0.1) is 0 Å². The Hall–Kier alpha value is -4.99. The van der Waals surface area contributed by atoms with E-state index in [4.69, 9.17) is 23.7 Å². The monoisotopic (exact) mass is 959 g/mol. The molecule has 0 aromatic heterocycles. The van der Waals surface area contributed by atoms with Crippen molar-refractivity contribution >= 4 is 30.3 Å². The second kappa shape index (κ2) is 22.6. The zero-order chi connectivity index (χ0) is 49.6. The van der Waals surface area contributed by atoms with Crippen LogP contribution < -0.4 is 14.2 Å². The first kappa shape index (κ1) is 51.4. The van der Waals surface area contributed by atoms with Gasteiger partial charge in [-0.1, -0.05) is 82.9 Å². The molecule has 0 aliphatic heterocycles. The maximum absolute atomic E-state index is 13.7.